The minimum Gasteiger partial charge on any atom is -0.478 e. The molecule has 1 atom stereocenters. The van der Waals surface area contributed by atoms with Gasteiger partial charge in [-0.2, -0.15) is 4.98 Å². The third-order valence-corrected chi connectivity index (χ3v) is 3.50. The van der Waals surface area contributed by atoms with E-state index in [2.05, 4.69) is 10.3 Å². The van der Waals surface area contributed by atoms with Crippen molar-refractivity contribution in [3.8, 4) is 5.88 Å². The molecule has 1 aliphatic rings. The van der Waals surface area contributed by atoms with Crippen molar-refractivity contribution in [3.63, 3.8) is 0 Å². The normalized spacial score (nSPS) is 20.2. The van der Waals surface area contributed by atoms with Crippen LogP contribution in [-0.2, 0) is 4.79 Å². The largest absolute Gasteiger partial charge is 0.478 e. The summed E-state index contributed by atoms with van der Waals surface area (Å²) in [5.41, 5.74) is -0.282. The number of hydrogen-bond donors (Lipinski definition) is 3. The van der Waals surface area contributed by atoms with Crippen LogP contribution in [0.2, 0.25) is 0 Å². The van der Waals surface area contributed by atoms with Gasteiger partial charge in [-0.25, -0.2) is 0 Å². The maximum atomic E-state index is 11.9. The molecule has 1 aliphatic heterocycles. The predicted octanol–water partition coefficient (Wildman–Crippen LogP) is 1.24. The van der Waals surface area contributed by atoms with Crippen LogP contribution in [0.3, 0.4) is 0 Å². The maximum Gasteiger partial charge on any atom is 0.234 e. The zero-order valence-corrected chi connectivity index (χ0v) is 11.7. The first kappa shape index (κ1) is 14.7. The molecule has 110 valence electrons. The Kier molecular flexibility index (Phi) is 4.25. The van der Waals surface area contributed by atoms with Crippen LogP contribution in [0.1, 0.15) is 38.4 Å². The minimum absolute atomic E-state index is 0.137. The molecule has 0 saturated carbocycles. The lowest BCUT2D eigenvalue weighted by atomic mass is 9.79. The van der Waals surface area contributed by atoms with E-state index in [1.807, 2.05) is 0 Å². The number of anilines is 1. The van der Waals surface area contributed by atoms with E-state index >= 15 is 0 Å². The highest BCUT2D eigenvalue weighted by molar-refractivity contribution is 5.97. The molecule has 0 radical (unpaired) electrons. The second-order valence-corrected chi connectivity index (χ2v) is 5.44. The second kappa shape index (κ2) is 5.76. The highest BCUT2D eigenvalue weighted by atomic mass is 16.5. The average molecular weight is 280 g/mol. The number of nitrogens with zero attached hydrogens (tertiary/aromatic N) is 1. The summed E-state index contributed by atoms with van der Waals surface area (Å²) in [6, 6.07) is 3.39. The van der Waals surface area contributed by atoms with Gasteiger partial charge in [-0.3, -0.25) is 4.79 Å². The van der Waals surface area contributed by atoms with E-state index in [9.17, 15) is 9.90 Å². The zero-order valence-electron chi connectivity index (χ0n) is 11.7. The number of carbonyl (C=O) groups is 1. The predicted molar refractivity (Wildman–Crippen MR) is 73.4 cm³/mol. The number of aromatic nitrogens is 1. The Morgan fingerprint density at radius 2 is 2.15 bits per heavy atom. The Morgan fingerprint density at radius 1 is 1.40 bits per heavy atom. The molecule has 1 aromatic heterocycles. The molecule has 1 amide bonds. The molecule has 1 aromatic rings. The van der Waals surface area contributed by atoms with Crippen molar-refractivity contribution >= 4 is 11.7 Å². The molecule has 0 spiro atoms. The van der Waals surface area contributed by atoms with Gasteiger partial charge in [0.15, 0.2) is 0 Å². The first-order valence-corrected chi connectivity index (χ1v) is 6.71. The Labute approximate surface area is 117 Å². The summed E-state index contributed by atoms with van der Waals surface area (Å²) < 4.78 is 5.44. The van der Waals surface area contributed by atoms with Crippen LogP contribution in [0.4, 0.5) is 5.82 Å². The van der Waals surface area contributed by atoms with Gasteiger partial charge in [0, 0.05) is 18.2 Å². The topological polar surface area (TPSA) is 91.7 Å². The van der Waals surface area contributed by atoms with Gasteiger partial charge < -0.3 is 20.3 Å². The minimum atomic E-state index is -0.887. The molecule has 6 heteroatoms. The van der Waals surface area contributed by atoms with E-state index in [0.29, 0.717) is 30.3 Å². The standard InChI is InChI=1S/C14H20N2O4/c1-14(2)11(18)9-5-6-10(20-8-4-3-7-17)15-12(9)16-13(14)19/h5-6,11,17-18H,3-4,7-8H2,1-2H3,(H,15,16,19). The highest BCUT2D eigenvalue weighted by Gasteiger charge is 2.42. The van der Waals surface area contributed by atoms with Gasteiger partial charge in [-0.1, -0.05) is 0 Å². The lowest BCUT2D eigenvalue weighted by Gasteiger charge is -2.34. The van der Waals surface area contributed by atoms with Gasteiger partial charge in [0.2, 0.25) is 11.8 Å². The van der Waals surface area contributed by atoms with Crippen LogP contribution >= 0.6 is 0 Å². The Morgan fingerprint density at radius 3 is 2.85 bits per heavy atom. The molecule has 2 rings (SSSR count). The van der Waals surface area contributed by atoms with Crippen LogP contribution in [0.25, 0.3) is 0 Å². The van der Waals surface area contributed by atoms with Crippen LogP contribution in [-0.4, -0.2) is 34.3 Å². The molecule has 2 heterocycles. The lowest BCUT2D eigenvalue weighted by Crippen LogP contribution is -2.41. The van der Waals surface area contributed by atoms with Gasteiger partial charge in [0.05, 0.1) is 18.1 Å². The number of nitrogens with one attached hydrogen (secondary N) is 1. The van der Waals surface area contributed by atoms with Crippen molar-refractivity contribution in [2.75, 3.05) is 18.5 Å². The maximum absolute atomic E-state index is 11.9. The van der Waals surface area contributed by atoms with Crippen molar-refractivity contribution in [3.05, 3.63) is 17.7 Å². The number of unbranched alkanes of at least 4 members (excludes halogenated alkanes) is 1. The molecular weight excluding hydrogens is 260 g/mol. The fourth-order valence-electron chi connectivity index (χ4n) is 2.03. The Bertz CT molecular complexity index is 502. The van der Waals surface area contributed by atoms with E-state index in [4.69, 9.17) is 9.84 Å². The van der Waals surface area contributed by atoms with Crippen molar-refractivity contribution in [1.82, 2.24) is 4.98 Å². The SMILES string of the molecule is CC1(C)C(=O)Nc2nc(OCCCCO)ccc2C1O. The zero-order chi connectivity index (χ0) is 14.8. The van der Waals surface area contributed by atoms with Crippen LogP contribution < -0.4 is 10.1 Å². The van der Waals surface area contributed by atoms with Gasteiger partial charge in [0.25, 0.3) is 0 Å². The van der Waals surface area contributed by atoms with Crippen molar-refractivity contribution in [2.24, 2.45) is 5.41 Å². The lowest BCUT2D eigenvalue weighted by molar-refractivity contribution is -0.131. The number of hydrogen-bond acceptors (Lipinski definition) is 5. The number of aliphatic hydroxyl groups excluding tert-OH is 2. The average Bonchev–Trinajstić information content (AvgIpc) is 2.42. The molecule has 1 unspecified atom stereocenters. The molecule has 6 nitrogen and oxygen atoms in total. The molecular formula is C14H20N2O4. The first-order chi connectivity index (χ1) is 9.46. The molecule has 0 fully saturated rings. The summed E-state index contributed by atoms with van der Waals surface area (Å²) in [4.78, 5) is 16.1. The number of amides is 1. The van der Waals surface area contributed by atoms with E-state index < -0.39 is 11.5 Å². The summed E-state index contributed by atoms with van der Waals surface area (Å²) in [5, 5.41) is 21.6. The summed E-state index contributed by atoms with van der Waals surface area (Å²) in [6.45, 7) is 3.97. The fraction of sp³-hybridized carbons (Fsp3) is 0.571. The number of carbonyl (C=O) groups excluding carboxylic acids is 1. The van der Waals surface area contributed by atoms with E-state index in [1.54, 1.807) is 26.0 Å². The van der Waals surface area contributed by atoms with E-state index in [1.165, 1.54) is 0 Å². The summed E-state index contributed by atoms with van der Waals surface area (Å²) in [5.74, 6) is 0.484. The Hall–Kier alpha value is -1.66. The molecule has 0 aromatic carbocycles. The number of fused-ring (bicyclic) bond motifs is 1. The van der Waals surface area contributed by atoms with E-state index in [0.717, 1.165) is 6.42 Å². The van der Waals surface area contributed by atoms with Crippen LogP contribution in [0.15, 0.2) is 12.1 Å². The fourth-order valence-corrected chi connectivity index (χ4v) is 2.03. The van der Waals surface area contributed by atoms with E-state index in [-0.39, 0.29) is 12.5 Å². The summed E-state index contributed by atoms with van der Waals surface area (Å²) in [6.07, 6.45) is 0.522. The van der Waals surface area contributed by atoms with Gasteiger partial charge in [-0.15, -0.1) is 0 Å². The highest BCUT2D eigenvalue weighted by Crippen LogP contribution is 2.41. The Balaban J connectivity index is 2.13. The van der Waals surface area contributed by atoms with Crippen molar-refractivity contribution in [2.45, 2.75) is 32.8 Å². The van der Waals surface area contributed by atoms with Gasteiger partial charge in [0.1, 0.15) is 5.82 Å². The third-order valence-electron chi connectivity index (χ3n) is 3.50. The van der Waals surface area contributed by atoms with Crippen LogP contribution in [0.5, 0.6) is 5.88 Å². The number of aliphatic hydroxyl groups is 2. The summed E-state index contributed by atoms with van der Waals surface area (Å²) in [7, 11) is 0. The van der Waals surface area contributed by atoms with Gasteiger partial charge >= 0.3 is 0 Å². The third kappa shape index (κ3) is 2.76. The molecule has 3 N–H and O–H groups in total. The monoisotopic (exact) mass is 280 g/mol. The quantitative estimate of drug-likeness (QED) is 0.706. The second-order valence-electron chi connectivity index (χ2n) is 5.44. The number of ether oxygens (including phenoxy) is 1. The van der Waals surface area contributed by atoms with Crippen molar-refractivity contribution in [1.29, 1.82) is 0 Å². The molecule has 0 aliphatic carbocycles. The molecule has 0 bridgehead atoms. The molecule has 0 saturated heterocycles. The van der Waals surface area contributed by atoms with Crippen molar-refractivity contribution < 1.29 is 19.7 Å². The first-order valence-electron chi connectivity index (χ1n) is 6.71. The number of pyridine rings is 1. The summed E-state index contributed by atoms with van der Waals surface area (Å²) >= 11 is 0. The number of rotatable bonds is 5. The van der Waals surface area contributed by atoms with Gasteiger partial charge in [-0.05, 0) is 32.8 Å². The smallest absolute Gasteiger partial charge is 0.234 e. The molecule has 20 heavy (non-hydrogen) atoms. The van der Waals surface area contributed by atoms with Crippen LogP contribution in [0, 0.1) is 5.41 Å².